The number of aromatic nitrogens is 4. The lowest BCUT2D eigenvalue weighted by atomic mass is 10.2. The fourth-order valence-electron chi connectivity index (χ4n) is 4.27. The normalized spacial score (nSPS) is 16.1. The van der Waals surface area contributed by atoms with E-state index >= 15 is 0 Å². The highest BCUT2D eigenvalue weighted by atomic mass is 19.1. The summed E-state index contributed by atoms with van der Waals surface area (Å²) in [5.74, 6) is -0.323. The first-order valence-electron chi connectivity index (χ1n) is 10.7. The number of ether oxygens (including phenoxy) is 1. The van der Waals surface area contributed by atoms with Crippen LogP contribution < -0.4 is 11.2 Å². The minimum atomic E-state index is -0.431. The van der Waals surface area contributed by atoms with Gasteiger partial charge >= 0.3 is 5.69 Å². The van der Waals surface area contributed by atoms with Gasteiger partial charge in [-0.1, -0.05) is 30.3 Å². The summed E-state index contributed by atoms with van der Waals surface area (Å²) < 4.78 is 23.5. The van der Waals surface area contributed by atoms with Crippen molar-refractivity contribution in [3.63, 3.8) is 0 Å². The van der Waals surface area contributed by atoms with Gasteiger partial charge in [0.15, 0.2) is 11.2 Å². The quantitative estimate of drug-likeness (QED) is 0.484. The maximum atomic E-state index is 13.5. The van der Waals surface area contributed by atoms with Crippen LogP contribution in [0.1, 0.15) is 24.0 Å². The Morgan fingerprint density at radius 2 is 1.91 bits per heavy atom. The van der Waals surface area contributed by atoms with Crippen molar-refractivity contribution in [1.82, 2.24) is 18.7 Å². The number of hydrogen-bond acceptors (Lipinski definition) is 4. The van der Waals surface area contributed by atoms with Gasteiger partial charge < -0.3 is 9.30 Å². The van der Waals surface area contributed by atoms with Gasteiger partial charge in [0.05, 0.1) is 24.7 Å². The molecule has 8 heteroatoms. The van der Waals surface area contributed by atoms with Crippen LogP contribution in [0.2, 0.25) is 0 Å². The SMILES string of the molecule is Cc1ccccc1-n1c(=O)n(C[C@H]2CCCO2)c(=O)c2c1ncn2Cc1ccc(F)cc1. The molecule has 0 aliphatic carbocycles. The van der Waals surface area contributed by atoms with Gasteiger partial charge in [0.2, 0.25) is 0 Å². The van der Waals surface area contributed by atoms with Crippen LogP contribution in [0.15, 0.2) is 64.4 Å². The number of hydrogen-bond donors (Lipinski definition) is 0. The van der Waals surface area contributed by atoms with Gasteiger partial charge in [0, 0.05) is 13.2 Å². The number of rotatable bonds is 5. The molecule has 2 aromatic heterocycles. The number of imidazole rings is 1. The number of nitrogens with zero attached hydrogens (tertiary/aromatic N) is 4. The molecule has 0 N–H and O–H groups in total. The van der Waals surface area contributed by atoms with E-state index in [0.29, 0.717) is 30.0 Å². The predicted octanol–water partition coefficient (Wildman–Crippen LogP) is 3.02. The summed E-state index contributed by atoms with van der Waals surface area (Å²) in [5, 5.41) is 0. The largest absolute Gasteiger partial charge is 0.376 e. The van der Waals surface area contributed by atoms with Crippen LogP contribution in [-0.4, -0.2) is 31.4 Å². The summed E-state index contributed by atoms with van der Waals surface area (Å²) in [4.78, 5) is 31.5. The minimum absolute atomic E-state index is 0.170. The number of fused-ring (bicyclic) bond motifs is 1. The molecule has 0 spiro atoms. The lowest BCUT2D eigenvalue weighted by molar-refractivity contribution is 0.0950. The highest BCUT2D eigenvalue weighted by Crippen LogP contribution is 2.19. The molecule has 0 saturated carbocycles. The molecule has 3 heterocycles. The van der Waals surface area contributed by atoms with E-state index in [0.717, 1.165) is 24.0 Å². The highest BCUT2D eigenvalue weighted by Gasteiger charge is 2.24. The third kappa shape index (κ3) is 3.56. The topological polar surface area (TPSA) is 71.1 Å². The molecular weight excluding hydrogens is 411 g/mol. The Morgan fingerprint density at radius 1 is 1.12 bits per heavy atom. The molecule has 164 valence electrons. The molecule has 2 aromatic carbocycles. The van der Waals surface area contributed by atoms with Crippen LogP contribution in [0.4, 0.5) is 4.39 Å². The molecular formula is C24H23FN4O3. The summed E-state index contributed by atoms with van der Waals surface area (Å²) in [5.41, 5.74) is 2.20. The van der Waals surface area contributed by atoms with Gasteiger partial charge in [0.25, 0.3) is 5.56 Å². The maximum Gasteiger partial charge on any atom is 0.337 e. The van der Waals surface area contributed by atoms with E-state index in [9.17, 15) is 14.0 Å². The monoisotopic (exact) mass is 434 g/mol. The van der Waals surface area contributed by atoms with E-state index in [1.807, 2.05) is 31.2 Å². The summed E-state index contributed by atoms with van der Waals surface area (Å²) in [6, 6.07) is 13.6. The standard InChI is InChI=1S/C24H23FN4O3/c1-16-5-2-3-7-20(16)29-22-21(23(30)28(24(29)31)14-19-6-4-12-32-19)27(15-26-22)13-17-8-10-18(25)11-9-17/h2-3,5,7-11,15,19H,4,6,12-14H2,1H3/t19-/m1/s1. The van der Waals surface area contributed by atoms with Gasteiger partial charge in [-0.3, -0.25) is 9.36 Å². The second-order valence-electron chi connectivity index (χ2n) is 8.13. The summed E-state index contributed by atoms with van der Waals surface area (Å²) >= 11 is 0. The first kappa shape index (κ1) is 20.4. The fourth-order valence-corrected chi connectivity index (χ4v) is 4.27. The molecule has 7 nitrogen and oxygen atoms in total. The van der Waals surface area contributed by atoms with Crippen LogP contribution in [-0.2, 0) is 17.8 Å². The summed E-state index contributed by atoms with van der Waals surface area (Å²) in [6.07, 6.45) is 3.11. The second kappa shape index (κ2) is 8.20. The van der Waals surface area contributed by atoms with E-state index < -0.39 is 11.2 Å². The van der Waals surface area contributed by atoms with Gasteiger partial charge in [-0.25, -0.2) is 18.7 Å². The molecule has 0 unspecified atom stereocenters. The minimum Gasteiger partial charge on any atom is -0.376 e. The van der Waals surface area contributed by atoms with E-state index in [4.69, 9.17) is 4.74 Å². The van der Waals surface area contributed by atoms with Crippen molar-refractivity contribution in [3.05, 3.63) is 92.6 Å². The Bertz CT molecular complexity index is 1400. The number of benzene rings is 2. The Kier molecular flexibility index (Phi) is 5.22. The van der Waals surface area contributed by atoms with Crippen molar-refractivity contribution in [3.8, 4) is 5.69 Å². The molecule has 1 saturated heterocycles. The first-order valence-corrected chi connectivity index (χ1v) is 10.7. The lowest BCUT2D eigenvalue weighted by Crippen LogP contribution is -2.42. The van der Waals surface area contributed by atoms with Crippen LogP contribution in [0.25, 0.3) is 16.9 Å². The molecule has 5 rings (SSSR count). The van der Waals surface area contributed by atoms with Gasteiger partial charge in [-0.05, 0) is 49.1 Å². The number of para-hydroxylation sites is 1. The van der Waals surface area contributed by atoms with E-state index in [-0.39, 0.29) is 18.5 Å². The van der Waals surface area contributed by atoms with E-state index in [1.54, 1.807) is 23.0 Å². The van der Waals surface area contributed by atoms with Crippen molar-refractivity contribution < 1.29 is 9.13 Å². The van der Waals surface area contributed by atoms with Crippen LogP contribution in [0.5, 0.6) is 0 Å². The Hall–Kier alpha value is -3.52. The number of halogens is 1. The molecule has 1 fully saturated rings. The zero-order valence-corrected chi connectivity index (χ0v) is 17.7. The third-order valence-electron chi connectivity index (χ3n) is 5.93. The Balaban J connectivity index is 1.73. The average Bonchev–Trinajstić information content (AvgIpc) is 3.44. The smallest absolute Gasteiger partial charge is 0.337 e. The Labute approximate surface area is 183 Å². The zero-order chi connectivity index (χ0) is 22.2. The zero-order valence-electron chi connectivity index (χ0n) is 17.7. The van der Waals surface area contributed by atoms with Crippen molar-refractivity contribution in [2.24, 2.45) is 0 Å². The van der Waals surface area contributed by atoms with Gasteiger partial charge in [-0.15, -0.1) is 0 Å². The molecule has 1 atom stereocenters. The maximum absolute atomic E-state index is 13.5. The second-order valence-corrected chi connectivity index (χ2v) is 8.13. The summed E-state index contributed by atoms with van der Waals surface area (Å²) in [6.45, 7) is 3.08. The van der Waals surface area contributed by atoms with Crippen LogP contribution in [0, 0.1) is 12.7 Å². The van der Waals surface area contributed by atoms with Crippen LogP contribution in [0.3, 0.4) is 0 Å². The molecule has 32 heavy (non-hydrogen) atoms. The van der Waals surface area contributed by atoms with Crippen LogP contribution >= 0.6 is 0 Å². The lowest BCUT2D eigenvalue weighted by Gasteiger charge is -2.16. The summed E-state index contributed by atoms with van der Waals surface area (Å²) in [7, 11) is 0. The molecule has 4 aromatic rings. The molecule has 0 amide bonds. The molecule has 1 aliphatic rings. The van der Waals surface area contributed by atoms with Crippen molar-refractivity contribution in [2.45, 2.75) is 39.0 Å². The van der Waals surface area contributed by atoms with Gasteiger partial charge in [-0.2, -0.15) is 0 Å². The van der Waals surface area contributed by atoms with Crippen molar-refractivity contribution in [2.75, 3.05) is 6.61 Å². The van der Waals surface area contributed by atoms with E-state index in [1.165, 1.54) is 21.3 Å². The molecule has 0 bridgehead atoms. The average molecular weight is 434 g/mol. The molecule has 0 radical (unpaired) electrons. The first-order chi connectivity index (χ1) is 15.5. The highest BCUT2D eigenvalue weighted by molar-refractivity contribution is 5.73. The van der Waals surface area contributed by atoms with Gasteiger partial charge in [0.1, 0.15) is 5.82 Å². The Morgan fingerprint density at radius 3 is 2.62 bits per heavy atom. The fraction of sp³-hybridized carbons (Fsp3) is 0.292. The number of aryl methyl sites for hydroxylation is 1. The predicted molar refractivity (Wildman–Crippen MR) is 119 cm³/mol. The van der Waals surface area contributed by atoms with Crippen molar-refractivity contribution >= 4 is 11.2 Å². The molecule has 1 aliphatic heterocycles. The third-order valence-corrected chi connectivity index (χ3v) is 5.93. The van der Waals surface area contributed by atoms with E-state index in [2.05, 4.69) is 4.98 Å². The van der Waals surface area contributed by atoms with Crippen molar-refractivity contribution in [1.29, 1.82) is 0 Å².